The summed E-state index contributed by atoms with van der Waals surface area (Å²) in [5, 5.41) is 20.9. The van der Waals surface area contributed by atoms with Gasteiger partial charge in [0.2, 0.25) is 0 Å². The molecule has 0 aliphatic carbocycles. The fourth-order valence-corrected chi connectivity index (χ4v) is 2.39. The monoisotopic (exact) mass is 636 g/mol. The summed E-state index contributed by atoms with van der Waals surface area (Å²) in [5.41, 5.74) is -0.907. The van der Waals surface area contributed by atoms with Crippen molar-refractivity contribution < 1.29 is 81.8 Å². The van der Waals surface area contributed by atoms with E-state index in [9.17, 15) is 36.6 Å². The molecule has 12 nitrogen and oxygen atoms in total. The predicted molar refractivity (Wildman–Crippen MR) is 85.9 cm³/mol. The zero-order chi connectivity index (χ0) is 21.5. The second-order valence-corrected chi connectivity index (χ2v) is 6.63. The smallest absolute Gasteiger partial charge is 0.545 e. The molecule has 29 heavy (non-hydrogen) atoms. The molecule has 0 heterocycles. The maximum Gasteiger partial charge on any atom is 2.00 e. The molecule has 2 aromatic rings. The minimum absolute atomic E-state index is 0. The van der Waals surface area contributed by atoms with E-state index in [1.807, 2.05) is 0 Å². The van der Waals surface area contributed by atoms with Crippen molar-refractivity contribution in [2.24, 2.45) is 0 Å². The van der Waals surface area contributed by atoms with E-state index in [1.165, 1.54) is 24.3 Å². The van der Waals surface area contributed by atoms with E-state index in [0.29, 0.717) is 0 Å². The Morgan fingerprint density at radius 3 is 1.21 bits per heavy atom. The third-order valence-electron chi connectivity index (χ3n) is 2.60. The van der Waals surface area contributed by atoms with Gasteiger partial charge in [-0.1, -0.05) is 24.3 Å². The SMILES string of the molecule is O=C([O-])c1ccccc1OS(=O)(=O)O.O=C([O-])c1ccccc1OS(=O)(=O)O.[Hg+2]. The molecule has 0 spiro atoms. The van der Waals surface area contributed by atoms with Crippen LogP contribution in [-0.4, -0.2) is 37.9 Å². The Morgan fingerprint density at radius 2 is 0.966 bits per heavy atom. The normalized spacial score (nSPS) is 10.6. The summed E-state index contributed by atoms with van der Waals surface area (Å²) in [4.78, 5) is 20.9. The Labute approximate surface area is 185 Å². The summed E-state index contributed by atoms with van der Waals surface area (Å²) in [6.07, 6.45) is 0. The van der Waals surface area contributed by atoms with Crippen molar-refractivity contribution in [1.29, 1.82) is 0 Å². The summed E-state index contributed by atoms with van der Waals surface area (Å²) in [5.74, 6) is -4.17. The van der Waals surface area contributed by atoms with E-state index < -0.39 is 55.4 Å². The molecule has 0 bridgehead atoms. The second-order valence-electron chi connectivity index (χ2n) is 4.59. The molecule has 0 aromatic heterocycles. The number of benzene rings is 2. The molecule has 0 fully saturated rings. The van der Waals surface area contributed by atoms with Crippen molar-refractivity contribution in [3.05, 3.63) is 59.7 Å². The third kappa shape index (κ3) is 10.2. The van der Waals surface area contributed by atoms with Gasteiger partial charge < -0.3 is 28.2 Å². The van der Waals surface area contributed by atoms with Crippen LogP contribution in [-0.2, 0) is 48.5 Å². The van der Waals surface area contributed by atoms with E-state index >= 15 is 0 Å². The molecule has 0 unspecified atom stereocenters. The van der Waals surface area contributed by atoms with Crippen LogP contribution in [0.15, 0.2) is 48.5 Å². The van der Waals surface area contributed by atoms with Crippen molar-refractivity contribution in [2.45, 2.75) is 0 Å². The van der Waals surface area contributed by atoms with Crippen molar-refractivity contribution >= 4 is 32.7 Å². The van der Waals surface area contributed by atoms with E-state index in [0.717, 1.165) is 24.3 Å². The zero-order valence-electron chi connectivity index (χ0n) is 14.1. The van der Waals surface area contributed by atoms with Crippen molar-refractivity contribution in [3.63, 3.8) is 0 Å². The second kappa shape index (κ2) is 11.1. The van der Waals surface area contributed by atoms with E-state index in [1.54, 1.807) is 0 Å². The minimum atomic E-state index is -4.72. The first-order chi connectivity index (χ1) is 12.8. The van der Waals surface area contributed by atoms with Crippen LogP contribution in [0.25, 0.3) is 0 Å². The van der Waals surface area contributed by atoms with Gasteiger partial charge in [-0.3, -0.25) is 9.11 Å². The van der Waals surface area contributed by atoms with Gasteiger partial charge in [0.25, 0.3) is 0 Å². The molecule has 0 radical (unpaired) electrons. The quantitative estimate of drug-likeness (QED) is 0.274. The Hall–Kier alpha value is -2.26. The molecule has 0 amide bonds. The largest absolute Gasteiger partial charge is 2.00 e. The number of hydrogen-bond donors (Lipinski definition) is 2. The molecule has 2 N–H and O–H groups in total. The Kier molecular flexibility index (Phi) is 10.2. The first-order valence-corrected chi connectivity index (χ1v) is 9.47. The van der Waals surface area contributed by atoms with Gasteiger partial charge in [-0.05, 0) is 24.3 Å². The maximum absolute atomic E-state index is 10.4. The van der Waals surface area contributed by atoms with Gasteiger partial charge in [0, 0.05) is 11.1 Å². The van der Waals surface area contributed by atoms with Crippen LogP contribution in [0.5, 0.6) is 11.5 Å². The summed E-state index contributed by atoms with van der Waals surface area (Å²) in [6, 6.07) is 9.79. The summed E-state index contributed by atoms with van der Waals surface area (Å²) in [6.45, 7) is 0. The number of aromatic carboxylic acids is 2. The predicted octanol–water partition coefficient (Wildman–Crippen LogP) is -1.54. The number of carbonyl (C=O) groups is 2. The number of para-hydroxylation sites is 2. The third-order valence-corrected chi connectivity index (χ3v) is 3.38. The number of carboxylic acids is 2. The maximum atomic E-state index is 10.4. The molecule has 0 saturated heterocycles. The average Bonchev–Trinajstić information content (AvgIpc) is 2.53. The van der Waals surface area contributed by atoms with E-state index in [4.69, 9.17) is 9.11 Å². The van der Waals surface area contributed by atoms with Crippen LogP contribution in [0.4, 0.5) is 0 Å². The minimum Gasteiger partial charge on any atom is -0.545 e. The van der Waals surface area contributed by atoms with Gasteiger partial charge >= 0.3 is 48.5 Å². The van der Waals surface area contributed by atoms with Crippen LogP contribution < -0.4 is 18.6 Å². The van der Waals surface area contributed by atoms with Crippen LogP contribution in [0.3, 0.4) is 0 Å². The number of rotatable bonds is 6. The molecule has 152 valence electrons. The Bertz CT molecular complexity index is 992. The Balaban J connectivity index is 0.000000523. The van der Waals surface area contributed by atoms with Crippen LogP contribution in [0, 0.1) is 0 Å². The van der Waals surface area contributed by atoms with Crippen molar-refractivity contribution in [1.82, 2.24) is 0 Å². The van der Waals surface area contributed by atoms with Gasteiger partial charge in [-0.15, -0.1) is 0 Å². The molecule has 15 heteroatoms. The molecular formula is C14H10HgO12S2. The van der Waals surface area contributed by atoms with Gasteiger partial charge in [0.1, 0.15) is 0 Å². The molecular weight excluding hydrogens is 625 g/mol. The van der Waals surface area contributed by atoms with Crippen LogP contribution in [0.2, 0.25) is 0 Å². The number of carboxylic acid groups (broad SMARTS) is 2. The first kappa shape index (κ1) is 26.7. The molecule has 0 aliphatic rings. The van der Waals surface area contributed by atoms with Crippen molar-refractivity contribution in [2.75, 3.05) is 0 Å². The fourth-order valence-electron chi connectivity index (χ4n) is 1.64. The molecule has 2 aromatic carbocycles. The van der Waals surface area contributed by atoms with Crippen LogP contribution >= 0.6 is 0 Å². The van der Waals surface area contributed by atoms with Crippen molar-refractivity contribution in [3.8, 4) is 11.5 Å². The Morgan fingerprint density at radius 1 is 0.690 bits per heavy atom. The van der Waals surface area contributed by atoms with Gasteiger partial charge in [0.15, 0.2) is 11.5 Å². The standard InChI is InChI=1S/2C7H6O6S.Hg/c2*8-7(9)5-3-1-2-4-6(5)13-14(10,11)12;/h2*1-4H,(H,8,9)(H,10,11,12);/q;;+2/p-2. The molecule has 0 saturated carbocycles. The molecule has 2 rings (SSSR count). The van der Waals surface area contributed by atoms with Gasteiger partial charge in [-0.25, -0.2) is 0 Å². The molecule has 0 aliphatic heterocycles. The topological polar surface area (TPSA) is 207 Å². The van der Waals surface area contributed by atoms with Crippen LogP contribution in [0.1, 0.15) is 20.7 Å². The van der Waals surface area contributed by atoms with E-state index in [-0.39, 0.29) is 27.7 Å². The average molecular weight is 635 g/mol. The molecule has 0 atom stereocenters. The first-order valence-electron chi connectivity index (χ1n) is 6.74. The van der Waals surface area contributed by atoms with Gasteiger partial charge in [-0.2, -0.15) is 16.8 Å². The number of hydrogen-bond acceptors (Lipinski definition) is 10. The summed E-state index contributed by atoms with van der Waals surface area (Å²) >= 11 is 0. The fraction of sp³-hybridized carbons (Fsp3) is 0. The zero-order valence-corrected chi connectivity index (χ0v) is 21.3. The van der Waals surface area contributed by atoms with E-state index in [2.05, 4.69) is 8.37 Å². The van der Waals surface area contributed by atoms with Gasteiger partial charge in [0.05, 0.1) is 11.9 Å². The number of carbonyl (C=O) groups excluding carboxylic acids is 2. The summed E-state index contributed by atoms with van der Waals surface area (Å²) < 4.78 is 65.8. The summed E-state index contributed by atoms with van der Waals surface area (Å²) in [7, 11) is -9.45.